The molecule has 0 aromatic heterocycles. The third-order valence-electron chi connectivity index (χ3n) is 2.54. The number of anilines is 1. The van der Waals surface area contributed by atoms with Gasteiger partial charge in [0.15, 0.2) is 0 Å². The highest BCUT2D eigenvalue weighted by Gasteiger charge is 2.17. The predicted octanol–water partition coefficient (Wildman–Crippen LogP) is 1.96. The number of rotatable bonds is 6. The van der Waals surface area contributed by atoms with E-state index in [1.54, 1.807) is 19.9 Å². The minimum absolute atomic E-state index is 0.133. The maximum atomic E-state index is 11.1. The highest BCUT2D eigenvalue weighted by atomic mass is 16.6. The molecule has 0 spiro atoms. The van der Waals surface area contributed by atoms with Crippen LogP contribution in [-0.4, -0.2) is 35.3 Å². The number of nitro benzene ring substituents is 1. The lowest BCUT2D eigenvalue weighted by Gasteiger charge is -2.18. The maximum absolute atomic E-state index is 11.1. The number of esters is 1. The van der Waals surface area contributed by atoms with Crippen LogP contribution in [0.2, 0.25) is 0 Å². The molecular weight excluding hydrogens is 276 g/mol. The Labute approximate surface area is 122 Å². The molecule has 0 aliphatic rings. The Morgan fingerprint density at radius 3 is 2.71 bits per heavy atom. The Morgan fingerprint density at radius 2 is 2.19 bits per heavy atom. The molecule has 0 aliphatic carbocycles. The summed E-state index contributed by atoms with van der Waals surface area (Å²) in [5.41, 5.74) is -0.318. The topological polar surface area (TPSA) is 102 Å². The van der Waals surface area contributed by atoms with Crippen LogP contribution in [0.5, 0.6) is 0 Å². The van der Waals surface area contributed by atoms with E-state index in [1.807, 2.05) is 0 Å². The molecule has 2 N–H and O–H groups in total. The van der Waals surface area contributed by atoms with Crippen molar-refractivity contribution in [1.82, 2.24) is 0 Å². The summed E-state index contributed by atoms with van der Waals surface area (Å²) in [5.74, 6) is -0.540. The van der Waals surface area contributed by atoms with Gasteiger partial charge in [-0.2, -0.15) is 0 Å². The number of nitrogens with zero attached hydrogens (tertiary/aromatic N) is 1. The van der Waals surface area contributed by atoms with Gasteiger partial charge in [0.1, 0.15) is 5.69 Å². The molecule has 0 fully saturated rings. The number of benzene rings is 1. The minimum atomic E-state index is -0.989. The molecule has 0 bridgehead atoms. The summed E-state index contributed by atoms with van der Waals surface area (Å²) in [4.78, 5) is 21.6. The fraction of sp³-hybridized carbons (Fsp3) is 0.357. The van der Waals surface area contributed by atoms with Crippen LogP contribution in [0.25, 0.3) is 6.08 Å². The van der Waals surface area contributed by atoms with Gasteiger partial charge >= 0.3 is 5.97 Å². The van der Waals surface area contributed by atoms with Gasteiger partial charge in [-0.15, -0.1) is 0 Å². The third-order valence-corrected chi connectivity index (χ3v) is 2.54. The van der Waals surface area contributed by atoms with Crippen molar-refractivity contribution in [2.75, 3.05) is 19.0 Å². The van der Waals surface area contributed by atoms with Crippen LogP contribution >= 0.6 is 0 Å². The molecule has 114 valence electrons. The van der Waals surface area contributed by atoms with E-state index in [1.165, 1.54) is 31.4 Å². The number of ether oxygens (including phenoxy) is 1. The van der Waals surface area contributed by atoms with Crippen molar-refractivity contribution < 1.29 is 19.6 Å². The Kier molecular flexibility index (Phi) is 5.43. The van der Waals surface area contributed by atoms with Gasteiger partial charge in [0.05, 0.1) is 17.6 Å². The van der Waals surface area contributed by atoms with E-state index in [2.05, 4.69) is 10.1 Å². The van der Waals surface area contributed by atoms with E-state index in [4.69, 9.17) is 0 Å². The summed E-state index contributed by atoms with van der Waals surface area (Å²) >= 11 is 0. The van der Waals surface area contributed by atoms with E-state index < -0.39 is 16.5 Å². The van der Waals surface area contributed by atoms with E-state index >= 15 is 0 Å². The number of nitrogens with one attached hydrogen (secondary N) is 1. The smallest absolute Gasteiger partial charge is 0.330 e. The van der Waals surface area contributed by atoms with Crippen molar-refractivity contribution in [3.05, 3.63) is 40.0 Å². The summed E-state index contributed by atoms with van der Waals surface area (Å²) in [6.07, 6.45) is 2.61. The number of methoxy groups -OCH3 is 1. The molecule has 0 radical (unpaired) electrons. The first-order valence-electron chi connectivity index (χ1n) is 6.23. The van der Waals surface area contributed by atoms with E-state index in [9.17, 15) is 20.0 Å². The SMILES string of the molecule is COC(=O)/C=C/c1ccc(NCC(C)(C)O)c([N+](=O)[O-])c1. The minimum Gasteiger partial charge on any atom is -0.466 e. The monoisotopic (exact) mass is 294 g/mol. The summed E-state index contributed by atoms with van der Waals surface area (Å²) in [6.45, 7) is 3.36. The lowest BCUT2D eigenvalue weighted by atomic mass is 10.1. The molecule has 0 unspecified atom stereocenters. The Hall–Kier alpha value is -2.41. The number of nitro groups is 1. The quantitative estimate of drug-likeness (QED) is 0.360. The van der Waals surface area contributed by atoms with Gasteiger partial charge in [0.2, 0.25) is 0 Å². The third kappa shape index (κ3) is 5.62. The van der Waals surface area contributed by atoms with Crippen LogP contribution in [0.4, 0.5) is 11.4 Å². The van der Waals surface area contributed by atoms with E-state index in [-0.39, 0.29) is 12.2 Å². The number of aliphatic hydroxyl groups is 1. The lowest BCUT2D eigenvalue weighted by molar-refractivity contribution is -0.384. The highest BCUT2D eigenvalue weighted by Crippen LogP contribution is 2.26. The summed E-state index contributed by atoms with van der Waals surface area (Å²) in [5, 5.41) is 23.6. The first-order valence-corrected chi connectivity index (χ1v) is 6.23. The Balaban J connectivity index is 2.99. The number of carbonyl (C=O) groups excluding carboxylic acids is 1. The molecule has 0 aliphatic heterocycles. The molecule has 21 heavy (non-hydrogen) atoms. The molecule has 1 rings (SSSR count). The van der Waals surface area contributed by atoms with E-state index in [0.717, 1.165) is 0 Å². The number of hydrogen-bond acceptors (Lipinski definition) is 6. The molecule has 1 aromatic carbocycles. The van der Waals surface area contributed by atoms with Crippen molar-refractivity contribution >= 4 is 23.4 Å². The second-order valence-corrected chi connectivity index (χ2v) is 5.06. The van der Waals surface area contributed by atoms with Crippen LogP contribution in [0.3, 0.4) is 0 Å². The largest absolute Gasteiger partial charge is 0.466 e. The summed E-state index contributed by atoms with van der Waals surface area (Å²) in [6, 6.07) is 4.49. The van der Waals surface area contributed by atoms with Crippen LogP contribution < -0.4 is 5.32 Å². The zero-order valence-electron chi connectivity index (χ0n) is 12.1. The Morgan fingerprint density at radius 1 is 1.52 bits per heavy atom. The zero-order chi connectivity index (χ0) is 16.0. The number of hydrogen-bond donors (Lipinski definition) is 2. The molecule has 7 nitrogen and oxygen atoms in total. The van der Waals surface area contributed by atoms with Gasteiger partial charge in [-0.1, -0.05) is 6.07 Å². The second kappa shape index (κ2) is 6.85. The molecule has 0 atom stereocenters. The van der Waals surface area contributed by atoms with Crippen LogP contribution in [0.15, 0.2) is 24.3 Å². The van der Waals surface area contributed by atoms with Gasteiger partial charge in [-0.05, 0) is 31.6 Å². The standard InChI is InChI=1S/C14H18N2O5/c1-14(2,18)9-15-11-6-4-10(5-7-13(17)21-3)8-12(11)16(19)20/h4-8,15,18H,9H2,1-3H3/b7-5+. The van der Waals surface area contributed by atoms with Gasteiger partial charge in [0, 0.05) is 18.7 Å². The fourth-order valence-electron chi connectivity index (χ4n) is 1.50. The average Bonchev–Trinajstić information content (AvgIpc) is 2.41. The van der Waals surface area contributed by atoms with Crippen LogP contribution in [0.1, 0.15) is 19.4 Å². The molecule has 0 heterocycles. The van der Waals surface area contributed by atoms with Crippen LogP contribution in [-0.2, 0) is 9.53 Å². The van der Waals surface area contributed by atoms with E-state index in [0.29, 0.717) is 11.3 Å². The molecule has 7 heteroatoms. The average molecular weight is 294 g/mol. The molecule has 0 amide bonds. The molecule has 0 saturated heterocycles. The van der Waals surface area contributed by atoms with Crippen molar-refractivity contribution in [3.63, 3.8) is 0 Å². The Bertz CT molecular complexity index is 561. The molecule has 1 aromatic rings. The maximum Gasteiger partial charge on any atom is 0.330 e. The normalized spacial score (nSPS) is 11.4. The lowest BCUT2D eigenvalue weighted by Crippen LogP contribution is -2.29. The van der Waals surface area contributed by atoms with Gasteiger partial charge in [0.25, 0.3) is 5.69 Å². The second-order valence-electron chi connectivity index (χ2n) is 5.06. The van der Waals surface area contributed by atoms with Gasteiger partial charge in [-0.25, -0.2) is 4.79 Å². The number of carbonyl (C=O) groups is 1. The van der Waals surface area contributed by atoms with Crippen molar-refractivity contribution in [2.24, 2.45) is 0 Å². The molecule has 0 saturated carbocycles. The first kappa shape index (κ1) is 16.6. The fourth-order valence-corrected chi connectivity index (χ4v) is 1.50. The molecular formula is C14H18N2O5. The first-order chi connectivity index (χ1) is 9.73. The zero-order valence-corrected chi connectivity index (χ0v) is 12.1. The van der Waals surface area contributed by atoms with Gasteiger partial charge in [-0.3, -0.25) is 10.1 Å². The van der Waals surface area contributed by atoms with Gasteiger partial charge < -0.3 is 15.2 Å². The summed E-state index contributed by atoms with van der Waals surface area (Å²) < 4.78 is 4.45. The van der Waals surface area contributed by atoms with Crippen molar-refractivity contribution in [3.8, 4) is 0 Å². The van der Waals surface area contributed by atoms with Crippen molar-refractivity contribution in [2.45, 2.75) is 19.4 Å². The summed E-state index contributed by atoms with van der Waals surface area (Å²) in [7, 11) is 1.25. The van der Waals surface area contributed by atoms with Crippen molar-refractivity contribution in [1.29, 1.82) is 0 Å². The highest BCUT2D eigenvalue weighted by molar-refractivity contribution is 5.87. The van der Waals surface area contributed by atoms with Crippen LogP contribution in [0, 0.1) is 10.1 Å². The predicted molar refractivity (Wildman–Crippen MR) is 78.9 cm³/mol.